The zero-order chi connectivity index (χ0) is 29.5. The van der Waals surface area contributed by atoms with E-state index in [-0.39, 0.29) is 11.7 Å². The number of hydrogen-bond donors (Lipinski definition) is 5. The fraction of sp³-hybridized carbons (Fsp3) is 0.152. The highest BCUT2D eigenvalue weighted by atomic mass is 16.3. The van der Waals surface area contributed by atoms with Crippen LogP contribution < -0.4 is 5.32 Å². The van der Waals surface area contributed by atoms with Crippen molar-refractivity contribution in [3.05, 3.63) is 84.4 Å². The number of fused-ring (bicyclic) bond motifs is 3. The lowest BCUT2D eigenvalue weighted by Gasteiger charge is -2.09. The standard InChI is InChI=1S/C33H30N8O2/c1-41(2)15-3-14-34-33(43)22-8-13-26-29(18-22)40-32(37-26)21-7-12-25-28(17-21)39-31(36-25)20-6-11-24-27(16-20)38-30(35-24)19-4-9-23(42)10-5-19/h4-13,16-18,42H,3,14-15H2,1-2H3,(H,34,43)(H,35,38)(H,36,39)(H,37,40). The molecular weight excluding hydrogens is 540 g/mol. The zero-order valence-corrected chi connectivity index (χ0v) is 23.8. The number of rotatable bonds is 8. The number of carbonyl (C=O) groups excluding carboxylic acids is 1. The minimum atomic E-state index is -0.0970. The summed E-state index contributed by atoms with van der Waals surface area (Å²) in [6.07, 6.45) is 0.893. The smallest absolute Gasteiger partial charge is 0.251 e. The monoisotopic (exact) mass is 570 g/mol. The molecule has 10 nitrogen and oxygen atoms in total. The van der Waals surface area contributed by atoms with Gasteiger partial charge in [0.05, 0.1) is 33.1 Å². The van der Waals surface area contributed by atoms with Crippen molar-refractivity contribution < 1.29 is 9.90 Å². The summed E-state index contributed by atoms with van der Waals surface area (Å²) >= 11 is 0. The molecule has 0 saturated heterocycles. The topological polar surface area (TPSA) is 139 Å². The third-order valence-electron chi connectivity index (χ3n) is 7.47. The average molecular weight is 571 g/mol. The quantitative estimate of drug-likeness (QED) is 0.149. The molecule has 7 rings (SSSR count). The van der Waals surface area contributed by atoms with E-state index in [2.05, 4.69) is 25.2 Å². The van der Waals surface area contributed by atoms with Crippen LogP contribution in [0.4, 0.5) is 0 Å². The van der Waals surface area contributed by atoms with Crippen LogP contribution in [0.3, 0.4) is 0 Å². The first-order valence-electron chi connectivity index (χ1n) is 14.1. The van der Waals surface area contributed by atoms with E-state index in [0.717, 1.165) is 74.4 Å². The first-order chi connectivity index (χ1) is 20.9. The number of aromatic hydroxyl groups is 1. The molecule has 0 saturated carbocycles. The van der Waals surface area contributed by atoms with Gasteiger partial charge in [-0.15, -0.1) is 0 Å². The van der Waals surface area contributed by atoms with E-state index in [1.807, 2.05) is 80.8 Å². The highest BCUT2D eigenvalue weighted by Crippen LogP contribution is 2.29. The molecule has 10 heteroatoms. The van der Waals surface area contributed by atoms with Gasteiger partial charge in [0.15, 0.2) is 0 Å². The molecule has 0 fully saturated rings. The normalized spacial score (nSPS) is 11.7. The molecule has 214 valence electrons. The molecule has 0 aliphatic carbocycles. The Balaban J connectivity index is 1.13. The Kier molecular flexibility index (Phi) is 6.59. The summed E-state index contributed by atoms with van der Waals surface area (Å²) in [5.41, 5.74) is 8.37. The number of amides is 1. The molecule has 0 bridgehead atoms. The number of aromatic nitrogens is 6. The van der Waals surface area contributed by atoms with Crippen molar-refractivity contribution in [2.24, 2.45) is 0 Å². The van der Waals surface area contributed by atoms with E-state index in [1.54, 1.807) is 12.1 Å². The first kappa shape index (κ1) is 26.4. The minimum absolute atomic E-state index is 0.0970. The molecule has 4 aromatic carbocycles. The van der Waals surface area contributed by atoms with Gasteiger partial charge in [-0.1, -0.05) is 0 Å². The van der Waals surface area contributed by atoms with Gasteiger partial charge in [-0.2, -0.15) is 0 Å². The Labute approximate surface area is 246 Å². The maximum atomic E-state index is 12.6. The van der Waals surface area contributed by atoms with Gasteiger partial charge in [0.25, 0.3) is 5.91 Å². The number of imidazole rings is 3. The van der Waals surface area contributed by atoms with Crippen LogP contribution in [0.1, 0.15) is 16.8 Å². The SMILES string of the molecule is CN(C)CCCNC(=O)c1ccc2[nH]c(-c3ccc4[nH]c(-c5ccc6[nH]c(-c7ccc(O)cc7)nc6c5)nc4c3)nc2c1. The van der Waals surface area contributed by atoms with Gasteiger partial charge in [-0.3, -0.25) is 4.79 Å². The van der Waals surface area contributed by atoms with Gasteiger partial charge >= 0.3 is 0 Å². The van der Waals surface area contributed by atoms with Gasteiger partial charge in [0, 0.05) is 28.8 Å². The number of nitrogens with one attached hydrogen (secondary N) is 4. The Bertz CT molecular complexity index is 2100. The third-order valence-corrected chi connectivity index (χ3v) is 7.47. The molecule has 3 aromatic heterocycles. The summed E-state index contributed by atoms with van der Waals surface area (Å²) in [4.78, 5) is 39.3. The van der Waals surface area contributed by atoms with Crippen molar-refractivity contribution in [1.29, 1.82) is 0 Å². The van der Waals surface area contributed by atoms with Crippen molar-refractivity contribution in [1.82, 2.24) is 40.1 Å². The average Bonchev–Trinajstić information content (AvgIpc) is 3.74. The molecule has 0 radical (unpaired) electrons. The molecule has 0 spiro atoms. The van der Waals surface area contributed by atoms with Gasteiger partial charge in [-0.05, 0) is 106 Å². The van der Waals surface area contributed by atoms with E-state index in [1.165, 1.54) is 0 Å². The highest BCUT2D eigenvalue weighted by molar-refractivity contribution is 5.98. The number of hydrogen-bond acceptors (Lipinski definition) is 6. The lowest BCUT2D eigenvalue weighted by molar-refractivity contribution is 0.0952. The van der Waals surface area contributed by atoms with Crippen LogP contribution in [0.2, 0.25) is 0 Å². The van der Waals surface area contributed by atoms with E-state index in [4.69, 9.17) is 15.0 Å². The van der Waals surface area contributed by atoms with E-state index < -0.39 is 0 Å². The van der Waals surface area contributed by atoms with Crippen molar-refractivity contribution in [2.45, 2.75) is 6.42 Å². The van der Waals surface area contributed by atoms with Crippen LogP contribution in [0.5, 0.6) is 5.75 Å². The summed E-state index contributed by atoms with van der Waals surface area (Å²) in [6, 6.07) is 24.5. The summed E-state index contributed by atoms with van der Waals surface area (Å²) in [7, 11) is 4.04. The third kappa shape index (κ3) is 5.31. The molecule has 0 unspecified atom stereocenters. The zero-order valence-electron chi connectivity index (χ0n) is 23.8. The molecule has 5 N–H and O–H groups in total. The molecule has 43 heavy (non-hydrogen) atoms. The van der Waals surface area contributed by atoms with Crippen molar-refractivity contribution in [2.75, 3.05) is 27.2 Å². The highest BCUT2D eigenvalue weighted by Gasteiger charge is 2.13. The van der Waals surface area contributed by atoms with Gasteiger partial charge in [0.2, 0.25) is 0 Å². The number of carbonyl (C=O) groups is 1. The second-order valence-corrected chi connectivity index (χ2v) is 10.9. The summed E-state index contributed by atoms with van der Waals surface area (Å²) < 4.78 is 0. The lowest BCUT2D eigenvalue weighted by atomic mass is 10.2. The van der Waals surface area contributed by atoms with Gasteiger partial charge in [0.1, 0.15) is 23.2 Å². The second kappa shape index (κ2) is 10.7. The predicted octanol–water partition coefficient (Wildman–Crippen LogP) is 5.70. The summed E-state index contributed by atoms with van der Waals surface area (Å²) in [6.45, 7) is 1.55. The number of phenols is 1. The van der Waals surface area contributed by atoms with E-state index in [0.29, 0.717) is 17.9 Å². The molecule has 7 aromatic rings. The Hall–Kier alpha value is -5.48. The number of phenolic OH excluding ortho intramolecular Hbond substituents is 1. The Morgan fingerprint density at radius 1 is 0.698 bits per heavy atom. The lowest BCUT2D eigenvalue weighted by Crippen LogP contribution is -2.27. The van der Waals surface area contributed by atoms with E-state index >= 15 is 0 Å². The first-order valence-corrected chi connectivity index (χ1v) is 14.1. The number of aromatic amines is 3. The van der Waals surface area contributed by atoms with Crippen molar-refractivity contribution in [3.8, 4) is 39.9 Å². The minimum Gasteiger partial charge on any atom is -0.508 e. The molecule has 0 aliphatic heterocycles. The van der Waals surface area contributed by atoms with Crippen molar-refractivity contribution in [3.63, 3.8) is 0 Å². The van der Waals surface area contributed by atoms with Crippen LogP contribution in [0.15, 0.2) is 78.9 Å². The molecule has 3 heterocycles. The summed E-state index contributed by atoms with van der Waals surface area (Å²) in [5.74, 6) is 2.31. The number of benzene rings is 4. The maximum Gasteiger partial charge on any atom is 0.251 e. The fourth-order valence-corrected chi connectivity index (χ4v) is 5.18. The van der Waals surface area contributed by atoms with Crippen molar-refractivity contribution >= 4 is 39.0 Å². The van der Waals surface area contributed by atoms with Crippen LogP contribution in [0, 0.1) is 0 Å². The number of H-pyrrole nitrogens is 3. The molecule has 1 amide bonds. The van der Waals surface area contributed by atoms with E-state index in [9.17, 15) is 9.90 Å². The van der Waals surface area contributed by atoms with Crippen LogP contribution in [-0.2, 0) is 0 Å². The Morgan fingerprint density at radius 3 is 1.74 bits per heavy atom. The second-order valence-electron chi connectivity index (χ2n) is 10.9. The Morgan fingerprint density at radius 2 is 1.19 bits per heavy atom. The maximum absolute atomic E-state index is 12.6. The van der Waals surface area contributed by atoms with Gasteiger partial charge < -0.3 is 30.3 Å². The molecule has 0 aliphatic rings. The summed E-state index contributed by atoms with van der Waals surface area (Å²) in [5, 5.41) is 12.6. The molecular formula is C33H30N8O2. The molecule has 0 atom stereocenters. The largest absolute Gasteiger partial charge is 0.508 e. The predicted molar refractivity (Wildman–Crippen MR) is 169 cm³/mol. The van der Waals surface area contributed by atoms with Crippen LogP contribution >= 0.6 is 0 Å². The van der Waals surface area contributed by atoms with Gasteiger partial charge in [-0.25, -0.2) is 15.0 Å². The van der Waals surface area contributed by atoms with Crippen LogP contribution in [0.25, 0.3) is 67.3 Å². The van der Waals surface area contributed by atoms with Crippen LogP contribution in [-0.4, -0.2) is 73.0 Å². The fourth-order valence-electron chi connectivity index (χ4n) is 5.18. The number of nitrogens with zero attached hydrogens (tertiary/aromatic N) is 4.